The minimum Gasteiger partial charge on any atom is -0.393 e. The standard InChI is InChI=1S/C13H26O/c1-3-4-5-6-7-8-12-9-10-13(14)11(12)2/h11-14H,3-10H2,1-2H3. The molecule has 1 nitrogen and oxygen atoms in total. The van der Waals surface area contributed by atoms with E-state index in [9.17, 15) is 5.11 Å². The second kappa shape index (κ2) is 6.44. The molecule has 1 aliphatic rings. The van der Waals surface area contributed by atoms with Gasteiger partial charge in [-0.3, -0.25) is 0 Å². The van der Waals surface area contributed by atoms with Gasteiger partial charge in [-0.25, -0.2) is 0 Å². The van der Waals surface area contributed by atoms with Crippen molar-refractivity contribution in [2.75, 3.05) is 0 Å². The maximum Gasteiger partial charge on any atom is 0.0568 e. The summed E-state index contributed by atoms with van der Waals surface area (Å²) in [4.78, 5) is 0. The van der Waals surface area contributed by atoms with Gasteiger partial charge in [-0.2, -0.15) is 0 Å². The van der Waals surface area contributed by atoms with Crippen LogP contribution in [-0.2, 0) is 0 Å². The van der Waals surface area contributed by atoms with Crippen LogP contribution in [0.2, 0.25) is 0 Å². The summed E-state index contributed by atoms with van der Waals surface area (Å²) in [5.74, 6) is 1.37. The van der Waals surface area contributed by atoms with Crippen LogP contribution in [0.25, 0.3) is 0 Å². The van der Waals surface area contributed by atoms with Gasteiger partial charge in [-0.1, -0.05) is 52.4 Å². The van der Waals surface area contributed by atoms with E-state index in [1.54, 1.807) is 0 Å². The Morgan fingerprint density at radius 3 is 2.36 bits per heavy atom. The molecule has 1 rings (SSSR count). The van der Waals surface area contributed by atoms with Gasteiger partial charge in [-0.15, -0.1) is 0 Å². The summed E-state index contributed by atoms with van der Waals surface area (Å²) < 4.78 is 0. The van der Waals surface area contributed by atoms with Crippen LogP contribution >= 0.6 is 0 Å². The Kier molecular flexibility index (Phi) is 5.54. The molecule has 3 atom stereocenters. The largest absolute Gasteiger partial charge is 0.393 e. The Morgan fingerprint density at radius 1 is 1.07 bits per heavy atom. The van der Waals surface area contributed by atoms with E-state index in [2.05, 4.69) is 13.8 Å². The lowest BCUT2D eigenvalue weighted by Crippen LogP contribution is -2.15. The zero-order valence-corrected chi connectivity index (χ0v) is 9.84. The highest BCUT2D eigenvalue weighted by Gasteiger charge is 2.30. The summed E-state index contributed by atoms with van der Waals surface area (Å²) in [5.41, 5.74) is 0. The lowest BCUT2D eigenvalue weighted by Gasteiger charge is -2.16. The van der Waals surface area contributed by atoms with Crippen molar-refractivity contribution in [2.45, 2.75) is 71.3 Å². The van der Waals surface area contributed by atoms with Crippen LogP contribution in [0.15, 0.2) is 0 Å². The molecule has 0 heterocycles. The van der Waals surface area contributed by atoms with E-state index in [1.807, 2.05) is 0 Å². The van der Waals surface area contributed by atoms with Crippen LogP contribution in [0, 0.1) is 11.8 Å². The molecule has 14 heavy (non-hydrogen) atoms. The van der Waals surface area contributed by atoms with Gasteiger partial charge in [0.25, 0.3) is 0 Å². The van der Waals surface area contributed by atoms with Gasteiger partial charge < -0.3 is 5.11 Å². The molecule has 3 unspecified atom stereocenters. The number of aliphatic hydroxyl groups is 1. The van der Waals surface area contributed by atoms with E-state index in [0.717, 1.165) is 12.3 Å². The summed E-state index contributed by atoms with van der Waals surface area (Å²) in [6.07, 6.45) is 10.5. The molecule has 1 heteroatoms. The van der Waals surface area contributed by atoms with Crippen molar-refractivity contribution in [1.82, 2.24) is 0 Å². The molecule has 0 bridgehead atoms. The van der Waals surface area contributed by atoms with Gasteiger partial charge in [0.15, 0.2) is 0 Å². The summed E-state index contributed by atoms with van der Waals surface area (Å²) in [5, 5.41) is 9.61. The molecule has 0 aromatic heterocycles. The maximum atomic E-state index is 9.61. The maximum absolute atomic E-state index is 9.61. The van der Waals surface area contributed by atoms with Crippen LogP contribution in [0.5, 0.6) is 0 Å². The molecule has 1 fully saturated rings. The molecule has 0 aromatic rings. The summed E-state index contributed by atoms with van der Waals surface area (Å²) in [7, 11) is 0. The topological polar surface area (TPSA) is 20.2 Å². The molecule has 1 aliphatic carbocycles. The van der Waals surface area contributed by atoms with Gasteiger partial charge in [0.2, 0.25) is 0 Å². The first-order valence-electron chi connectivity index (χ1n) is 6.43. The van der Waals surface area contributed by atoms with Crippen molar-refractivity contribution >= 4 is 0 Å². The van der Waals surface area contributed by atoms with Crippen LogP contribution < -0.4 is 0 Å². The second-order valence-electron chi connectivity index (χ2n) is 4.97. The SMILES string of the molecule is CCCCCCCC1CCC(O)C1C. The van der Waals surface area contributed by atoms with Crippen molar-refractivity contribution in [3.8, 4) is 0 Å². The van der Waals surface area contributed by atoms with E-state index in [-0.39, 0.29) is 6.10 Å². The normalized spacial score (nSPS) is 32.4. The average molecular weight is 198 g/mol. The third-order valence-electron chi connectivity index (χ3n) is 3.86. The fourth-order valence-corrected chi connectivity index (χ4v) is 2.64. The molecule has 0 saturated heterocycles. The summed E-state index contributed by atoms with van der Waals surface area (Å²) >= 11 is 0. The molecule has 1 N–H and O–H groups in total. The molecule has 84 valence electrons. The molecular formula is C13H26O. The minimum atomic E-state index is -0.00404. The molecule has 0 amide bonds. The molecular weight excluding hydrogens is 172 g/mol. The second-order valence-corrected chi connectivity index (χ2v) is 4.97. The fourth-order valence-electron chi connectivity index (χ4n) is 2.64. The highest BCUT2D eigenvalue weighted by Crippen LogP contribution is 2.35. The quantitative estimate of drug-likeness (QED) is 0.644. The predicted octanol–water partition coefficient (Wildman–Crippen LogP) is 3.75. The highest BCUT2D eigenvalue weighted by atomic mass is 16.3. The predicted molar refractivity (Wildman–Crippen MR) is 61.3 cm³/mol. The van der Waals surface area contributed by atoms with E-state index < -0.39 is 0 Å². The Labute approximate surface area is 88.9 Å². The monoisotopic (exact) mass is 198 g/mol. The highest BCUT2D eigenvalue weighted by molar-refractivity contribution is 4.81. The van der Waals surface area contributed by atoms with Crippen molar-refractivity contribution in [1.29, 1.82) is 0 Å². The van der Waals surface area contributed by atoms with Gasteiger partial charge in [-0.05, 0) is 24.7 Å². The molecule has 0 spiro atoms. The number of rotatable bonds is 6. The van der Waals surface area contributed by atoms with E-state index in [4.69, 9.17) is 0 Å². The van der Waals surface area contributed by atoms with Crippen LogP contribution in [0.1, 0.15) is 65.2 Å². The van der Waals surface area contributed by atoms with E-state index >= 15 is 0 Å². The first-order chi connectivity index (χ1) is 6.75. The molecule has 0 aromatic carbocycles. The zero-order valence-electron chi connectivity index (χ0n) is 9.84. The zero-order chi connectivity index (χ0) is 10.4. The number of hydrogen-bond donors (Lipinski definition) is 1. The third-order valence-corrected chi connectivity index (χ3v) is 3.86. The summed E-state index contributed by atoms with van der Waals surface area (Å²) in [6, 6.07) is 0. The average Bonchev–Trinajstić information content (AvgIpc) is 2.49. The summed E-state index contributed by atoms with van der Waals surface area (Å²) in [6.45, 7) is 4.48. The van der Waals surface area contributed by atoms with Gasteiger partial charge in [0.05, 0.1) is 6.10 Å². The van der Waals surface area contributed by atoms with Gasteiger partial charge in [0, 0.05) is 0 Å². The van der Waals surface area contributed by atoms with Gasteiger partial charge in [0.1, 0.15) is 0 Å². The van der Waals surface area contributed by atoms with E-state index in [1.165, 1.54) is 44.9 Å². The molecule has 1 saturated carbocycles. The third kappa shape index (κ3) is 3.61. The number of aliphatic hydroxyl groups excluding tert-OH is 1. The van der Waals surface area contributed by atoms with Crippen molar-refractivity contribution in [3.05, 3.63) is 0 Å². The Hall–Kier alpha value is -0.0400. The van der Waals surface area contributed by atoms with E-state index in [0.29, 0.717) is 5.92 Å². The Bertz CT molecular complexity index is 144. The van der Waals surface area contributed by atoms with Crippen LogP contribution in [0.4, 0.5) is 0 Å². The lowest BCUT2D eigenvalue weighted by molar-refractivity contribution is 0.125. The fraction of sp³-hybridized carbons (Fsp3) is 1.00. The molecule has 0 aliphatic heterocycles. The number of hydrogen-bond acceptors (Lipinski definition) is 1. The van der Waals surface area contributed by atoms with Crippen LogP contribution in [-0.4, -0.2) is 11.2 Å². The number of unbranched alkanes of at least 4 members (excludes halogenated alkanes) is 4. The first-order valence-corrected chi connectivity index (χ1v) is 6.43. The van der Waals surface area contributed by atoms with Gasteiger partial charge >= 0.3 is 0 Å². The molecule has 0 radical (unpaired) electrons. The smallest absolute Gasteiger partial charge is 0.0568 e. The minimum absolute atomic E-state index is 0.00404. The van der Waals surface area contributed by atoms with Crippen molar-refractivity contribution in [2.24, 2.45) is 11.8 Å². The Morgan fingerprint density at radius 2 is 1.79 bits per heavy atom. The van der Waals surface area contributed by atoms with Crippen molar-refractivity contribution in [3.63, 3.8) is 0 Å². The lowest BCUT2D eigenvalue weighted by atomic mass is 9.91. The first kappa shape index (κ1) is 12.0. The van der Waals surface area contributed by atoms with Crippen molar-refractivity contribution < 1.29 is 5.11 Å². The Balaban J connectivity index is 2.01. The van der Waals surface area contributed by atoms with Crippen LogP contribution in [0.3, 0.4) is 0 Å².